The third kappa shape index (κ3) is 2.79. The molecule has 4 heteroatoms. The molecule has 0 aromatic carbocycles. The van der Waals surface area contributed by atoms with E-state index in [1.165, 1.54) is 0 Å². The van der Waals surface area contributed by atoms with Crippen molar-refractivity contribution in [2.45, 2.75) is 44.4 Å². The van der Waals surface area contributed by atoms with Crippen LogP contribution in [-0.4, -0.2) is 21.7 Å². The van der Waals surface area contributed by atoms with Gasteiger partial charge in [-0.25, -0.2) is 4.98 Å². The molecule has 0 atom stereocenters. The molecule has 1 aliphatic rings. The number of rotatable bonds is 3. The third-order valence-corrected chi connectivity index (χ3v) is 3.09. The van der Waals surface area contributed by atoms with Gasteiger partial charge in [0, 0.05) is 25.5 Å². The lowest BCUT2D eigenvalue weighted by molar-refractivity contribution is 0.00962. The first-order valence-corrected chi connectivity index (χ1v) is 5.59. The van der Waals surface area contributed by atoms with E-state index in [9.17, 15) is 0 Å². The van der Waals surface area contributed by atoms with Crippen LogP contribution in [-0.2, 0) is 18.4 Å². The van der Waals surface area contributed by atoms with E-state index in [1.54, 1.807) is 6.20 Å². The average molecular weight is 209 g/mol. The highest BCUT2D eigenvalue weighted by atomic mass is 16.5. The lowest BCUT2D eigenvalue weighted by Crippen LogP contribution is -2.30. The number of hydrogen-bond acceptors (Lipinski definition) is 3. The monoisotopic (exact) mass is 209 g/mol. The number of imidazole rings is 1. The van der Waals surface area contributed by atoms with Crippen LogP contribution in [0.3, 0.4) is 0 Å². The highest BCUT2D eigenvalue weighted by Crippen LogP contribution is 2.20. The summed E-state index contributed by atoms with van der Waals surface area (Å²) in [5.74, 6) is 0.991. The minimum Gasteiger partial charge on any atom is -0.370 e. The first-order chi connectivity index (χ1) is 7.25. The van der Waals surface area contributed by atoms with Crippen LogP contribution in [0.25, 0.3) is 0 Å². The number of ether oxygens (including phenoxy) is 1. The molecule has 0 spiro atoms. The smallest absolute Gasteiger partial charge is 0.134 e. The number of nitrogens with zero attached hydrogens (tertiary/aromatic N) is 2. The molecule has 4 nitrogen and oxygen atoms in total. The van der Waals surface area contributed by atoms with Crippen LogP contribution in [0.4, 0.5) is 0 Å². The lowest BCUT2D eigenvalue weighted by atomic mass is 9.94. The van der Waals surface area contributed by atoms with Crippen LogP contribution in [0, 0.1) is 0 Å². The molecule has 84 valence electrons. The highest BCUT2D eigenvalue weighted by molar-refractivity contribution is 4.89. The molecule has 1 saturated carbocycles. The fourth-order valence-electron chi connectivity index (χ4n) is 1.98. The first kappa shape index (κ1) is 10.6. The zero-order chi connectivity index (χ0) is 10.7. The van der Waals surface area contributed by atoms with Gasteiger partial charge in [0.05, 0.1) is 6.10 Å². The predicted octanol–water partition coefficient (Wildman–Crippen LogP) is 1.21. The maximum Gasteiger partial charge on any atom is 0.134 e. The molecule has 2 rings (SSSR count). The van der Waals surface area contributed by atoms with E-state index < -0.39 is 0 Å². The fourth-order valence-corrected chi connectivity index (χ4v) is 1.98. The van der Waals surface area contributed by atoms with Crippen LogP contribution >= 0.6 is 0 Å². The summed E-state index contributed by atoms with van der Waals surface area (Å²) >= 11 is 0. The van der Waals surface area contributed by atoms with Gasteiger partial charge >= 0.3 is 0 Å². The van der Waals surface area contributed by atoms with Crippen molar-refractivity contribution in [1.82, 2.24) is 9.55 Å². The SMILES string of the molecule is Cn1ccnc1COC1CCC(N)CC1. The molecule has 1 heterocycles. The van der Waals surface area contributed by atoms with Crippen molar-refractivity contribution >= 4 is 0 Å². The van der Waals surface area contributed by atoms with Gasteiger partial charge < -0.3 is 15.0 Å². The Hall–Kier alpha value is -0.870. The number of nitrogens with two attached hydrogens (primary N) is 1. The summed E-state index contributed by atoms with van der Waals surface area (Å²) in [4.78, 5) is 4.23. The van der Waals surface area contributed by atoms with Gasteiger partial charge in [-0.2, -0.15) is 0 Å². The van der Waals surface area contributed by atoms with E-state index in [2.05, 4.69) is 4.98 Å². The van der Waals surface area contributed by atoms with Crippen molar-refractivity contribution < 1.29 is 4.74 Å². The van der Waals surface area contributed by atoms with E-state index in [-0.39, 0.29) is 0 Å². The van der Waals surface area contributed by atoms with Crippen molar-refractivity contribution in [3.05, 3.63) is 18.2 Å². The molecule has 1 aromatic heterocycles. The van der Waals surface area contributed by atoms with Crippen molar-refractivity contribution in [1.29, 1.82) is 0 Å². The minimum absolute atomic E-state index is 0.376. The Bertz CT molecular complexity index is 303. The predicted molar refractivity (Wildman–Crippen MR) is 58.2 cm³/mol. The molecular formula is C11H19N3O. The first-order valence-electron chi connectivity index (χ1n) is 5.59. The van der Waals surface area contributed by atoms with E-state index in [0.717, 1.165) is 31.5 Å². The van der Waals surface area contributed by atoms with Crippen molar-refractivity contribution in [3.8, 4) is 0 Å². The molecule has 0 radical (unpaired) electrons. The second-order valence-corrected chi connectivity index (χ2v) is 4.30. The van der Waals surface area contributed by atoms with Crippen molar-refractivity contribution in [2.75, 3.05) is 0 Å². The Morgan fingerprint density at radius 1 is 1.47 bits per heavy atom. The second kappa shape index (κ2) is 4.77. The highest BCUT2D eigenvalue weighted by Gasteiger charge is 2.19. The Kier molecular flexibility index (Phi) is 3.38. The van der Waals surface area contributed by atoms with Crippen LogP contribution in [0.15, 0.2) is 12.4 Å². The van der Waals surface area contributed by atoms with Crippen LogP contribution in [0.5, 0.6) is 0 Å². The normalized spacial score (nSPS) is 26.8. The van der Waals surface area contributed by atoms with E-state index in [1.807, 2.05) is 17.8 Å². The zero-order valence-corrected chi connectivity index (χ0v) is 9.22. The summed E-state index contributed by atoms with van der Waals surface area (Å²) in [5, 5.41) is 0. The maximum atomic E-state index is 5.84. The zero-order valence-electron chi connectivity index (χ0n) is 9.22. The molecule has 15 heavy (non-hydrogen) atoms. The van der Waals surface area contributed by atoms with E-state index in [4.69, 9.17) is 10.5 Å². The van der Waals surface area contributed by atoms with Gasteiger partial charge in [-0.3, -0.25) is 0 Å². The summed E-state index contributed by atoms with van der Waals surface area (Å²) in [6.07, 6.45) is 8.47. The van der Waals surface area contributed by atoms with Gasteiger partial charge in [-0.15, -0.1) is 0 Å². The molecule has 0 aliphatic heterocycles. The standard InChI is InChI=1S/C11H19N3O/c1-14-7-6-13-11(14)8-15-10-4-2-9(12)3-5-10/h6-7,9-10H,2-5,8,12H2,1H3. The molecular weight excluding hydrogens is 190 g/mol. The van der Waals surface area contributed by atoms with Crippen LogP contribution in [0.1, 0.15) is 31.5 Å². The van der Waals surface area contributed by atoms with Gasteiger partial charge in [0.1, 0.15) is 12.4 Å². The third-order valence-electron chi connectivity index (χ3n) is 3.09. The summed E-state index contributed by atoms with van der Waals surface area (Å²) in [7, 11) is 1.99. The Balaban J connectivity index is 1.77. The van der Waals surface area contributed by atoms with E-state index in [0.29, 0.717) is 18.8 Å². The fraction of sp³-hybridized carbons (Fsp3) is 0.727. The quantitative estimate of drug-likeness (QED) is 0.814. The maximum absolute atomic E-state index is 5.84. The molecule has 0 saturated heterocycles. The van der Waals surface area contributed by atoms with Gasteiger partial charge in [0.25, 0.3) is 0 Å². The second-order valence-electron chi connectivity index (χ2n) is 4.30. The summed E-state index contributed by atoms with van der Waals surface area (Å²) < 4.78 is 7.81. The number of aromatic nitrogens is 2. The van der Waals surface area contributed by atoms with Gasteiger partial charge in [-0.05, 0) is 25.7 Å². The number of aryl methyl sites for hydroxylation is 1. The number of hydrogen-bond donors (Lipinski definition) is 1. The lowest BCUT2D eigenvalue weighted by Gasteiger charge is -2.25. The molecule has 0 amide bonds. The topological polar surface area (TPSA) is 53.1 Å². The van der Waals surface area contributed by atoms with Crippen molar-refractivity contribution in [3.63, 3.8) is 0 Å². The summed E-state index contributed by atoms with van der Waals surface area (Å²) in [6, 6.07) is 0.387. The Morgan fingerprint density at radius 3 is 2.80 bits per heavy atom. The van der Waals surface area contributed by atoms with Gasteiger partial charge in [0.2, 0.25) is 0 Å². The van der Waals surface area contributed by atoms with Gasteiger partial charge in [-0.1, -0.05) is 0 Å². The van der Waals surface area contributed by atoms with Crippen LogP contribution < -0.4 is 5.73 Å². The Morgan fingerprint density at radius 2 is 2.20 bits per heavy atom. The molecule has 1 aliphatic carbocycles. The largest absolute Gasteiger partial charge is 0.370 e. The van der Waals surface area contributed by atoms with Crippen LogP contribution in [0.2, 0.25) is 0 Å². The molecule has 0 bridgehead atoms. The van der Waals surface area contributed by atoms with Gasteiger partial charge in [0.15, 0.2) is 0 Å². The summed E-state index contributed by atoms with van der Waals surface area (Å²) in [6.45, 7) is 0.614. The summed E-state index contributed by atoms with van der Waals surface area (Å²) in [5.41, 5.74) is 5.84. The molecule has 1 aromatic rings. The Labute approximate surface area is 90.4 Å². The average Bonchev–Trinajstić information content (AvgIpc) is 2.63. The van der Waals surface area contributed by atoms with Crippen molar-refractivity contribution in [2.24, 2.45) is 12.8 Å². The van der Waals surface area contributed by atoms with E-state index >= 15 is 0 Å². The molecule has 1 fully saturated rings. The minimum atomic E-state index is 0.376. The molecule has 0 unspecified atom stereocenters. The molecule has 2 N–H and O–H groups in total.